The number of halogens is 4. The summed E-state index contributed by atoms with van der Waals surface area (Å²) in [5.74, 6) is 0.0918. The van der Waals surface area contributed by atoms with Gasteiger partial charge in [0.05, 0.1) is 17.8 Å². The van der Waals surface area contributed by atoms with Crippen LogP contribution in [0.15, 0.2) is 61.1 Å². The van der Waals surface area contributed by atoms with Crippen molar-refractivity contribution in [2.45, 2.75) is 31.9 Å². The van der Waals surface area contributed by atoms with Crippen LogP contribution in [0.1, 0.15) is 44.7 Å². The Morgan fingerprint density at radius 2 is 1.96 bits per heavy atom. The third-order valence-corrected chi connectivity index (χ3v) is 8.16. The first-order valence-electron chi connectivity index (χ1n) is 13.4. The number of alkyl halides is 4. The molecule has 1 atom stereocenters. The molecule has 0 spiro atoms. The summed E-state index contributed by atoms with van der Waals surface area (Å²) < 4.78 is 57.4. The van der Waals surface area contributed by atoms with Gasteiger partial charge >= 0.3 is 6.61 Å². The number of nitrogen functional groups attached to an aromatic ring is 1. The largest absolute Gasteiger partial charge is 0.414 e. The maximum absolute atomic E-state index is 13.0. The number of ether oxygens (including phenoxy) is 1. The summed E-state index contributed by atoms with van der Waals surface area (Å²) in [4.78, 5) is 31.3. The standard InChI is InChI=1S/C28H20F4N10O2S/c29-22(30)27-35-11-19(45-27)26(43)38-17-6-3-13-10-14(4-5-15(13)17)41-24(16-2-1-9-34-23(16)33)37-18-7-8-20(39-25(18)41)42-36-12-21(40-42)44-28(31)32/h1-2,4-5,7-12,17,22,28H,3,6H2,(H2,33,34)(H,38,43)/t17-/m0/s1. The molecule has 0 radical (unpaired) electrons. The number of rotatable bonds is 8. The van der Waals surface area contributed by atoms with E-state index < -0.39 is 24.0 Å². The summed E-state index contributed by atoms with van der Waals surface area (Å²) >= 11 is 0.663. The van der Waals surface area contributed by atoms with Gasteiger partial charge in [0.2, 0.25) is 0 Å². The molecule has 0 bridgehead atoms. The van der Waals surface area contributed by atoms with Crippen molar-refractivity contribution in [1.29, 1.82) is 0 Å². The lowest BCUT2D eigenvalue weighted by Gasteiger charge is -2.15. The zero-order valence-corrected chi connectivity index (χ0v) is 23.6. The Morgan fingerprint density at radius 1 is 1.09 bits per heavy atom. The maximum Gasteiger partial charge on any atom is 0.388 e. The van der Waals surface area contributed by atoms with Crippen molar-refractivity contribution in [2.24, 2.45) is 0 Å². The summed E-state index contributed by atoms with van der Waals surface area (Å²) in [6, 6.07) is 12.1. The van der Waals surface area contributed by atoms with Gasteiger partial charge in [-0.25, -0.2) is 28.7 Å². The van der Waals surface area contributed by atoms with Crippen LogP contribution in [-0.2, 0) is 6.42 Å². The van der Waals surface area contributed by atoms with Crippen molar-refractivity contribution < 1.29 is 27.1 Å². The monoisotopic (exact) mass is 636 g/mol. The Morgan fingerprint density at radius 3 is 2.73 bits per heavy atom. The van der Waals surface area contributed by atoms with Crippen molar-refractivity contribution in [3.8, 4) is 28.8 Å². The second-order valence-corrected chi connectivity index (χ2v) is 10.9. The van der Waals surface area contributed by atoms with E-state index in [2.05, 4.69) is 30.2 Å². The minimum absolute atomic E-state index is 0.111. The number of aryl methyl sites for hydroxylation is 1. The summed E-state index contributed by atoms with van der Waals surface area (Å²) in [5.41, 5.74) is 10.2. The first kappa shape index (κ1) is 28.3. The molecule has 0 saturated carbocycles. The fourth-order valence-electron chi connectivity index (χ4n) is 5.21. The molecule has 3 N–H and O–H groups in total. The number of nitrogens with one attached hydrogen (secondary N) is 1. The van der Waals surface area contributed by atoms with Gasteiger partial charge in [-0.05, 0) is 60.4 Å². The molecule has 5 aromatic heterocycles. The van der Waals surface area contributed by atoms with Crippen LogP contribution in [0.3, 0.4) is 0 Å². The molecule has 0 fully saturated rings. The van der Waals surface area contributed by atoms with Gasteiger partial charge in [-0.2, -0.15) is 13.9 Å². The minimum Gasteiger partial charge on any atom is -0.414 e. The molecule has 17 heteroatoms. The van der Waals surface area contributed by atoms with E-state index in [1.54, 1.807) is 35.0 Å². The minimum atomic E-state index is -3.06. The molecule has 6 aromatic rings. The first-order chi connectivity index (χ1) is 21.7. The number of anilines is 1. The van der Waals surface area contributed by atoms with Gasteiger partial charge in [0, 0.05) is 11.9 Å². The van der Waals surface area contributed by atoms with Crippen LogP contribution in [0, 0.1) is 0 Å². The van der Waals surface area contributed by atoms with Crippen LogP contribution >= 0.6 is 11.3 Å². The van der Waals surface area contributed by atoms with Crippen molar-refractivity contribution in [2.75, 3.05) is 5.73 Å². The number of imidazole rings is 1. The average molecular weight is 637 g/mol. The van der Waals surface area contributed by atoms with Crippen molar-refractivity contribution in [3.05, 3.63) is 82.1 Å². The lowest BCUT2D eigenvalue weighted by Crippen LogP contribution is -2.26. The number of aromatic nitrogens is 8. The molecule has 0 aliphatic heterocycles. The smallest absolute Gasteiger partial charge is 0.388 e. The van der Waals surface area contributed by atoms with Crippen LogP contribution in [-0.4, -0.2) is 52.0 Å². The van der Waals surface area contributed by atoms with Crippen molar-refractivity contribution in [1.82, 2.24) is 44.8 Å². The Bertz CT molecular complexity index is 2060. The molecule has 7 rings (SSSR count). The van der Waals surface area contributed by atoms with Crippen LogP contribution in [0.2, 0.25) is 0 Å². The van der Waals surface area contributed by atoms with E-state index in [1.807, 2.05) is 18.2 Å². The van der Waals surface area contributed by atoms with Gasteiger partial charge in [-0.3, -0.25) is 9.36 Å². The van der Waals surface area contributed by atoms with Crippen molar-refractivity contribution >= 4 is 34.2 Å². The lowest BCUT2D eigenvalue weighted by atomic mass is 10.1. The number of nitrogens with two attached hydrogens (primary N) is 1. The molecule has 228 valence electrons. The number of carbonyl (C=O) groups is 1. The van der Waals surface area contributed by atoms with Gasteiger partial charge in [-0.1, -0.05) is 6.07 Å². The van der Waals surface area contributed by atoms with Crippen LogP contribution in [0.25, 0.3) is 34.1 Å². The second kappa shape index (κ2) is 11.2. The van der Waals surface area contributed by atoms with E-state index >= 15 is 0 Å². The van der Waals surface area contributed by atoms with Gasteiger partial charge in [0.1, 0.15) is 22.4 Å². The number of hydrogen-bond acceptors (Lipinski definition) is 10. The zero-order valence-electron chi connectivity index (χ0n) is 22.8. The Kier molecular flexibility index (Phi) is 7.07. The first-order valence-corrected chi connectivity index (χ1v) is 14.2. The van der Waals surface area contributed by atoms with Crippen molar-refractivity contribution in [3.63, 3.8) is 0 Å². The van der Waals surface area contributed by atoms with Crippen LogP contribution in [0.5, 0.6) is 5.88 Å². The van der Waals surface area contributed by atoms with Gasteiger partial charge in [0.15, 0.2) is 22.3 Å². The highest BCUT2D eigenvalue weighted by molar-refractivity contribution is 7.13. The maximum atomic E-state index is 13.0. The summed E-state index contributed by atoms with van der Waals surface area (Å²) in [5, 5.41) is 10.4. The van der Waals surface area contributed by atoms with E-state index in [0.717, 1.165) is 28.3 Å². The number of carbonyl (C=O) groups excluding carboxylic acids is 1. The average Bonchev–Trinajstić information content (AvgIpc) is 3.82. The fraction of sp³-hybridized carbons (Fsp3) is 0.179. The SMILES string of the molecule is Nc1ncccc1-c1nc2ccc(-n3ncc(OC(F)F)n3)nc2n1-c1ccc2c(c1)CC[C@@H]2NC(=O)c1cnc(C(F)F)s1. The molecule has 1 amide bonds. The number of benzene rings is 1. The second-order valence-electron chi connectivity index (χ2n) is 9.88. The number of amides is 1. The molecular weight excluding hydrogens is 616 g/mol. The quantitative estimate of drug-likeness (QED) is 0.219. The highest BCUT2D eigenvalue weighted by atomic mass is 32.1. The summed E-state index contributed by atoms with van der Waals surface area (Å²) in [7, 11) is 0. The van der Waals surface area contributed by atoms with Gasteiger partial charge in [-0.15, -0.1) is 21.2 Å². The van der Waals surface area contributed by atoms with Crippen LogP contribution < -0.4 is 15.8 Å². The molecule has 0 saturated heterocycles. The predicted octanol–water partition coefficient (Wildman–Crippen LogP) is 5.06. The number of nitrogens with zero attached hydrogens (tertiary/aromatic N) is 8. The highest BCUT2D eigenvalue weighted by Gasteiger charge is 2.27. The molecule has 1 aliphatic carbocycles. The van der Waals surface area contributed by atoms with E-state index in [-0.39, 0.29) is 28.4 Å². The van der Waals surface area contributed by atoms with E-state index in [0.29, 0.717) is 52.4 Å². The third-order valence-electron chi connectivity index (χ3n) is 7.16. The molecule has 0 unspecified atom stereocenters. The third kappa shape index (κ3) is 5.30. The Labute approximate surface area is 254 Å². The predicted molar refractivity (Wildman–Crippen MR) is 154 cm³/mol. The number of fused-ring (bicyclic) bond motifs is 2. The fourth-order valence-corrected chi connectivity index (χ4v) is 5.89. The van der Waals surface area contributed by atoms with Gasteiger partial charge < -0.3 is 15.8 Å². The van der Waals surface area contributed by atoms with E-state index in [9.17, 15) is 22.4 Å². The molecule has 45 heavy (non-hydrogen) atoms. The zero-order chi connectivity index (χ0) is 31.2. The molecule has 5 heterocycles. The molecule has 12 nitrogen and oxygen atoms in total. The number of pyridine rings is 2. The summed E-state index contributed by atoms with van der Waals surface area (Å²) in [6.45, 7) is -3.06. The summed E-state index contributed by atoms with van der Waals surface area (Å²) in [6.07, 6.45) is 2.27. The van der Waals surface area contributed by atoms with Crippen LogP contribution in [0.4, 0.5) is 23.4 Å². The van der Waals surface area contributed by atoms with Gasteiger partial charge in [0.25, 0.3) is 18.2 Å². The molecular formula is C28H20F4N10O2S. The Hall–Kier alpha value is -5.45. The number of thiazole rings is 1. The highest BCUT2D eigenvalue weighted by Crippen LogP contribution is 2.36. The molecule has 1 aromatic carbocycles. The molecule has 1 aliphatic rings. The normalized spacial score (nSPS) is 14.4. The topological polar surface area (TPSA) is 152 Å². The lowest BCUT2D eigenvalue weighted by molar-refractivity contribution is -0.0530. The number of hydrogen-bond donors (Lipinski definition) is 2. The Balaban J connectivity index is 1.27. The van der Waals surface area contributed by atoms with E-state index in [4.69, 9.17) is 15.7 Å². The van der Waals surface area contributed by atoms with E-state index in [1.165, 1.54) is 0 Å².